The maximum Gasteiger partial charge on any atom is 0.322 e. The normalized spacial score (nSPS) is 10.2. The largest absolute Gasteiger partial charge is 0.322 e. The third kappa shape index (κ3) is 1.71. The molecule has 0 fully saturated rings. The number of rotatable bonds is 2. The van der Waals surface area contributed by atoms with Gasteiger partial charge < -0.3 is 0 Å². The maximum atomic E-state index is 13.2. The zero-order chi connectivity index (χ0) is 10.8. The lowest BCUT2D eigenvalue weighted by Crippen LogP contribution is -1.92. The second-order valence-electron chi connectivity index (χ2n) is 2.74. The first-order chi connectivity index (χ1) is 7.22. The number of H-pyrrole nitrogens is 1. The Balaban J connectivity index is 2.67. The molecule has 1 heterocycles. The van der Waals surface area contributed by atoms with Gasteiger partial charge in [0, 0.05) is 5.56 Å². The van der Waals surface area contributed by atoms with E-state index in [2.05, 4.69) is 10.2 Å². The number of carbonyl (C=O) groups is 1. The number of carbonyl (C=O) groups excluding carboxylic acids is 1. The highest BCUT2D eigenvalue weighted by Gasteiger charge is 2.12. The van der Waals surface area contributed by atoms with Crippen molar-refractivity contribution < 1.29 is 9.18 Å². The first-order valence-corrected chi connectivity index (χ1v) is 4.83. The minimum absolute atomic E-state index is 0.0831. The summed E-state index contributed by atoms with van der Waals surface area (Å²) < 4.78 is 13.2. The molecule has 2 rings (SSSR count). The summed E-state index contributed by atoms with van der Waals surface area (Å²) >= 11 is 0.831. The Morgan fingerprint density at radius 2 is 2.27 bits per heavy atom. The highest BCUT2D eigenvalue weighted by molar-refractivity contribution is 7.12. The van der Waals surface area contributed by atoms with E-state index in [0.717, 1.165) is 11.3 Å². The summed E-state index contributed by atoms with van der Waals surface area (Å²) in [6.07, 6.45) is 0.413. The standard InChI is InChI=1S/C9H5FN2O2S/c10-7-3-1-2-5(6(7)4-13)8-11-12-9(14)15-8/h1-4H,(H,12,14). The minimum Gasteiger partial charge on any atom is -0.298 e. The van der Waals surface area contributed by atoms with Crippen molar-refractivity contribution in [1.29, 1.82) is 0 Å². The maximum absolute atomic E-state index is 13.2. The molecule has 0 bridgehead atoms. The van der Waals surface area contributed by atoms with Gasteiger partial charge in [0.15, 0.2) is 6.29 Å². The van der Waals surface area contributed by atoms with Crippen LogP contribution in [0.1, 0.15) is 10.4 Å². The molecular formula is C9H5FN2O2S. The average molecular weight is 224 g/mol. The quantitative estimate of drug-likeness (QED) is 0.785. The molecule has 0 aliphatic rings. The number of nitrogens with zero attached hydrogens (tertiary/aromatic N) is 1. The van der Waals surface area contributed by atoms with Gasteiger partial charge in [-0.15, -0.1) is 0 Å². The molecule has 0 aliphatic carbocycles. The third-order valence-electron chi connectivity index (χ3n) is 1.84. The van der Waals surface area contributed by atoms with Crippen molar-refractivity contribution in [1.82, 2.24) is 10.2 Å². The number of aromatic amines is 1. The summed E-state index contributed by atoms with van der Waals surface area (Å²) in [7, 11) is 0. The van der Waals surface area contributed by atoms with Crippen LogP contribution in [-0.2, 0) is 0 Å². The number of hydrogen-bond donors (Lipinski definition) is 1. The van der Waals surface area contributed by atoms with Gasteiger partial charge in [-0.05, 0) is 6.07 Å². The van der Waals surface area contributed by atoms with Crippen LogP contribution < -0.4 is 4.87 Å². The summed E-state index contributed by atoms with van der Waals surface area (Å²) in [5.41, 5.74) is 0.244. The Labute approximate surface area is 87.4 Å². The molecule has 1 aromatic carbocycles. The summed E-state index contributed by atoms with van der Waals surface area (Å²) in [6.45, 7) is 0. The van der Waals surface area contributed by atoms with Crippen LogP contribution in [0.25, 0.3) is 10.6 Å². The average Bonchev–Trinajstić information content (AvgIpc) is 2.64. The fourth-order valence-corrected chi connectivity index (χ4v) is 1.83. The van der Waals surface area contributed by atoms with Gasteiger partial charge in [0.2, 0.25) is 0 Å². The monoisotopic (exact) mass is 224 g/mol. The van der Waals surface area contributed by atoms with Crippen LogP contribution in [0.3, 0.4) is 0 Å². The van der Waals surface area contributed by atoms with Crippen LogP contribution in [0.4, 0.5) is 4.39 Å². The predicted octanol–water partition coefficient (Wildman–Crippen LogP) is 1.45. The number of hydrogen-bond acceptors (Lipinski definition) is 4. The molecule has 4 nitrogen and oxygen atoms in total. The molecular weight excluding hydrogens is 219 g/mol. The van der Waals surface area contributed by atoms with E-state index in [1.54, 1.807) is 6.07 Å². The molecule has 15 heavy (non-hydrogen) atoms. The molecule has 0 spiro atoms. The molecule has 6 heteroatoms. The van der Waals surface area contributed by atoms with E-state index in [1.165, 1.54) is 12.1 Å². The number of aldehydes is 1. The lowest BCUT2D eigenvalue weighted by atomic mass is 10.1. The van der Waals surface area contributed by atoms with Crippen molar-refractivity contribution in [3.8, 4) is 10.6 Å². The van der Waals surface area contributed by atoms with Gasteiger partial charge in [-0.25, -0.2) is 9.49 Å². The Bertz CT molecular complexity index is 561. The molecule has 2 aromatic rings. The summed E-state index contributed by atoms with van der Waals surface area (Å²) in [5.74, 6) is -0.620. The predicted molar refractivity (Wildman–Crippen MR) is 53.5 cm³/mol. The highest BCUT2D eigenvalue weighted by atomic mass is 32.1. The van der Waals surface area contributed by atoms with Gasteiger partial charge in [0.05, 0.1) is 5.56 Å². The molecule has 1 N–H and O–H groups in total. The Morgan fingerprint density at radius 1 is 1.47 bits per heavy atom. The van der Waals surface area contributed by atoms with Crippen LogP contribution in [0.2, 0.25) is 0 Å². The zero-order valence-corrected chi connectivity index (χ0v) is 8.18. The van der Waals surface area contributed by atoms with Crippen LogP contribution in [0.5, 0.6) is 0 Å². The van der Waals surface area contributed by atoms with Gasteiger partial charge in [0.1, 0.15) is 10.8 Å². The SMILES string of the molecule is O=Cc1c(F)cccc1-c1n[nH]c(=O)s1. The van der Waals surface area contributed by atoms with Gasteiger partial charge in [-0.3, -0.25) is 9.59 Å². The van der Waals surface area contributed by atoms with Crippen molar-refractivity contribution in [3.05, 3.63) is 39.2 Å². The second-order valence-corrected chi connectivity index (χ2v) is 3.70. The molecule has 0 saturated carbocycles. The molecule has 76 valence electrons. The lowest BCUT2D eigenvalue weighted by molar-refractivity contribution is 0.112. The van der Waals surface area contributed by atoms with Crippen LogP contribution in [0.15, 0.2) is 23.0 Å². The van der Waals surface area contributed by atoms with E-state index >= 15 is 0 Å². The summed E-state index contributed by atoms with van der Waals surface area (Å²) in [6, 6.07) is 4.19. The Hall–Kier alpha value is -1.82. The van der Waals surface area contributed by atoms with Gasteiger partial charge in [0.25, 0.3) is 0 Å². The molecule has 0 unspecified atom stereocenters. The number of benzene rings is 1. The van der Waals surface area contributed by atoms with E-state index < -0.39 is 5.82 Å². The van der Waals surface area contributed by atoms with Crippen LogP contribution in [0, 0.1) is 5.82 Å². The van der Waals surface area contributed by atoms with Crippen LogP contribution >= 0.6 is 11.3 Å². The fourth-order valence-electron chi connectivity index (χ4n) is 1.19. The smallest absolute Gasteiger partial charge is 0.298 e. The molecule has 0 radical (unpaired) electrons. The molecule has 1 aromatic heterocycles. The third-order valence-corrected chi connectivity index (χ3v) is 2.62. The number of aromatic nitrogens is 2. The second kappa shape index (κ2) is 3.74. The van der Waals surface area contributed by atoms with E-state index in [1.807, 2.05) is 0 Å². The fraction of sp³-hybridized carbons (Fsp3) is 0. The molecule has 0 amide bonds. The van der Waals surface area contributed by atoms with Crippen molar-refractivity contribution >= 4 is 17.6 Å². The first kappa shape index (κ1) is 9.72. The summed E-state index contributed by atoms with van der Waals surface area (Å²) in [5, 5.41) is 6.21. The summed E-state index contributed by atoms with van der Waals surface area (Å²) in [4.78, 5) is 21.2. The Morgan fingerprint density at radius 3 is 2.87 bits per heavy atom. The first-order valence-electron chi connectivity index (χ1n) is 4.02. The molecule has 0 atom stereocenters. The molecule has 0 aliphatic heterocycles. The van der Waals surface area contributed by atoms with Crippen LogP contribution in [-0.4, -0.2) is 16.5 Å². The van der Waals surface area contributed by atoms with Crippen molar-refractivity contribution in [3.63, 3.8) is 0 Å². The van der Waals surface area contributed by atoms with Gasteiger partial charge in [-0.2, -0.15) is 5.10 Å². The zero-order valence-electron chi connectivity index (χ0n) is 7.36. The van der Waals surface area contributed by atoms with Gasteiger partial charge in [-0.1, -0.05) is 23.5 Å². The topological polar surface area (TPSA) is 62.8 Å². The highest BCUT2D eigenvalue weighted by Crippen LogP contribution is 2.23. The van der Waals surface area contributed by atoms with Gasteiger partial charge >= 0.3 is 4.87 Å². The lowest BCUT2D eigenvalue weighted by Gasteiger charge is -2.00. The van der Waals surface area contributed by atoms with Crippen molar-refractivity contribution in [2.24, 2.45) is 0 Å². The van der Waals surface area contributed by atoms with E-state index in [0.29, 0.717) is 16.9 Å². The van der Waals surface area contributed by atoms with E-state index in [-0.39, 0.29) is 10.4 Å². The molecule has 0 saturated heterocycles. The number of halogens is 1. The number of nitrogens with one attached hydrogen (secondary N) is 1. The van der Waals surface area contributed by atoms with Crippen molar-refractivity contribution in [2.75, 3.05) is 0 Å². The Kier molecular flexibility index (Phi) is 2.42. The van der Waals surface area contributed by atoms with E-state index in [4.69, 9.17) is 0 Å². The van der Waals surface area contributed by atoms with E-state index in [9.17, 15) is 14.0 Å². The van der Waals surface area contributed by atoms with Crippen molar-refractivity contribution in [2.45, 2.75) is 0 Å². The minimum atomic E-state index is -0.620.